The Bertz CT molecular complexity index is 208. The fourth-order valence-electron chi connectivity index (χ4n) is 2.49. The van der Waals surface area contributed by atoms with Gasteiger partial charge in [0.15, 0.2) is 0 Å². The van der Waals surface area contributed by atoms with Gasteiger partial charge in [-0.15, -0.1) is 0 Å². The third-order valence-corrected chi connectivity index (χ3v) is 3.45. The minimum absolute atomic E-state index is 0.0661. The summed E-state index contributed by atoms with van der Waals surface area (Å²) in [6, 6.07) is 0.197. The maximum atomic E-state index is 12.3. The topological polar surface area (TPSA) is 40.5 Å². The van der Waals surface area contributed by atoms with Gasteiger partial charge in [-0.1, -0.05) is 25.7 Å². The molecule has 3 nitrogen and oxygen atoms in total. The van der Waals surface area contributed by atoms with Crippen LogP contribution in [-0.4, -0.2) is 35.1 Å². The highest BCUT2D eigenvalue weighted by atomic mass is 16.3. The Morgan fingerprint density at radius 1 is 1.25 bits per heavy atom. The van der Waals surface area contributed by atoms with Crippen LogP contribution in [0, 0.1) is 5.92 Å². The molecule has 0 bridgehead atoms. The first kappa shape index (κ1) is 13.5. The predicted octanol–water partition coefficient (Wildman–Crippen LogP) is 2.19. The largest absolute Gasteiger partial charge is 0.395 e. The zero-order chi connectivity index (χ0) is 12.0. The van der Waals surface area contributed by atoms with Gasteiger partial charge in [0, 0.05) is 18.5 Å². The van der Waals surface area contributed by atoms with Crippen LogP contribution in [0.5, 0.6) is 0 Å². The van der Waals surface area contributed by atoms with Gasteiger partial charge in [0.25, 0.3) is 0 Å². The lowest BCUT2D eigenvalue weighted by molar-refractivity contribution is -0.138. The van der Waals surface area contributed by atoms with Crippen molar-refractivity contribution in [3.05, 3.63) is 0 Å². The van der Waals surface area contributed by atoms with Crippen LogP contribution < -0.4 is 0 Å². The lowest BCUT2D eigenvalue weighted by atomic mass is 9.98. The van der Waals surface area contributed by atoms with Gasteiger partial charge in [-0.05, 0) is 26.7 Å². The number of hydrogen-bond donors (Lipinski definition) is 1. The predicted molar refractivity (Wildman–Crippen MR) is 65.1 cm³/mol. The van der Waals surface area contributed by atoms with Gasteiger partial charge in [0.05, 0.1) is 6.61 Å². The Morgan fingerprint density at radius 3 is 2.25 bits per heavy atom. The first-order chi connectivity index (χ1) is 7.66. The summed E-state index contributed by atoms with van der Waals surface area (Å²) in [4.78, 5) is 14.1. The molecule has 0 heterocycles. The van der Waals surface area contributed by atoms with Crippen molar-refractivity contribution in [1.82, 2.24) is 4.90 Å². The van der Waals surface area contributed by atoms with Crippen LogP contribution in [0.2, 0.25) is 0 Å². The zero-order valence-corrected chi connectivity index (χ0v) is 10.6. The molecule has 0 aromatic rings. The molecule has 1 N–H and O–H groups in total. The van der Waals surface area contributed by atoms with Crippen LogP contribution in [0.3, 0.4) is 0 Å². The third-order valence-electron chi connectivity index (χ3n) is 3.45. The number of nitrogens with zero attached hydrogens (tertiary/aromatic N) is 1. The van der Waals surface area contributed by atoms with Gasteiger partial charge in [0.1, 0.15) is 0 Å². The van der Waals surface area contributed by atoms with Crippen molar-refractivity contribution in [1.29, 1.82) is 0 Å². The van der Waals surface area contributed by atoms with E-state index in [1.54, 1.807) is 0 Å². The first-order valence-corrected chi connectivity index (χ1v) is 6.58. The number of carbonyl (C=O) groups excluding carboxylic acids is 1. The molecule has 0 atom stereocenters. The average Bonchev–Trinajstić information content (AvgIpc) is 2.53. The van der Waals surface area contributed by atoms with Gasteiger partial charge in [-0.3, -0.25) is 4.79 Å². The van der Waals surface area contributed by atoms with Crippen molar-refractivity contribution in [2.24, 2.45) is 5.92 Å². The van der Waals surface area contributed by atoms with Crippen LogP contribution in [0.25, 0.3) is 0 Å². The Balaban J connectivity index is 2.57. The smallest absolute Gasteiger partial charge is 0.225 e. The highest BCUT2D eigenvalue weighted by Crippen LogP contribution is 2.25. The number of rotatable bonds is 4. The van der Waals surface area contributed by atoms with Crippen molar-refractivity contribution in [3.63, 3.8) is 0 Å². The van der Waals surface area contributed by atoms with Crippen molar-refractivity contribution >= 4 is 5.91 Å². The van der Waals surface area contributed by atoms with E-state index < -0.39 is 0 Å². The second-order valence-electron chi connectivity index (χ2n) is 5.04. The molecule has 0 unspecified atom stereocenters. The Hall–Kier alpha value is -0.570. The second-order valence-corrected chi connectivity index (χ2v) is 5.04. The summed E-state index contributed by atoms with van der Waals surface area (Å²) in [5.41, 5.74) is 0. The molecule has 94 valence electrons. The second kappa shape index (κ2) is 6.89. The molecule has 0 spiro atoms. The van der Waals surface area contributed by atoms with E-state index in [1.807, 2.05) is 18.7 Å². The van der Waals surface area contributed by atoms with Crippen molar-refractivity contribution < 1.29 is 9.90 Å². The van der Waals surface area contributed by atoms with E-state index in [0.717, 1.165) is 12.8 Å². The molecule has 0 radical (unpaired) electrons. The summed E-state index contributed by atoms with van der Waals surface area (Å²) >= 11 is 0. The number of amides is 1. The minimum atomic E-state index is 0.0661. The van der Waals surface area contributed by atoms with E-state index in [1.165, 1.54) is 25.7 Å². The molecule has 1 fully saturated rings. The van der Waals surface area contributed by atoms with E-state index in [0.29, 0.717) is 6.54 Å². The number of carbonyl (C=O) groups is 1. The molecule has 1 amide bonds. The summed E-state index contributed by atoms with van der Waals surface area (Å²) in [5, 5.41) is 8.99. The molecule has 0 aliphatic heterocycles. The molecule has 0 saturated heterocycles. The summed E-state index contributed by atoms with van der Waals surface area (Å²) in [5.74, 6) is 0.461. The van der Waals surface area contributed by atoms with E-state index >= 15 is 0 Å². The molecule has 1 saturated carbocycles. The fourth-order valence-corrected chi connectivity index (χ4v) is 2.49. The highest BCUT2D eigenvalue weighted by Gasteiger charge is 2.26. The van der Waals surface area contributed by atoms with Crippen molar-refractivity contribution in [2.45, 2.75) is 58.4 Å². The Morgan fingerprint density at radius 2 is 1.81 bits per heavy atom. The van der Waals surface area contributed by atoms with Gasteiger partial charge in [-0.25, -0.2) is 0 Å². The van der Waals surface area contributed by atoms with Crippen molar-refractivity contribution in [3.8, 4) is 0 Å². The molecular formula is C13H25NO2. The lowest BCUT2D eigenvalue weighted by Crippen LogP contribution is -2.42. The van der Waals surface area contributed by atoms with Crippen LogP contribution in [0.1, 0.15) is 52.4 Å². The van der Waals surface area contributed by atoms with Crippen LogP contribution in [-0.2, 0) is 4.79 Å². The van der Waals surface area contributed by atoms with E-state index in [-0.39, 0.29) is 24.5 Å². The maximum Gasteiger partial charge on any atom is 0.225 e. The van der Waals surface area contributed by atoms with E-state index in [2.05, 4.69) is 0 Å². The Kier molecular flexibility index (Phi) is 5.81. The van der Waals surface area contributed by atoms with Gasteiger partial charge < -0.3 is 10.0 Å². The van der Waals surface area contributed by atoms with E-state index in [9.17, 15) is 4.79 Å². The molecular weight excluding hydrogens is 202 g/mol. The molecule has 16 heavy (non-hydrogen) atoms. The number of aliphatic hydroxyl groups excluding tert-OH is 1. The molecule has 3 heteroatoms. The molecule has 1 aliphatic rings. The summed E-state index contributed by atoms with van der Waals surface area (Å²) in [7, 11) is 0. The summed E-state index contributed by atoms with van der Waals surface area (Å²) in [6.45, 7) is 4.58. The normalized spacial score (nSPS) is 18.5. The SMILES string of the molecule is CC(C)N(CCO)C(=O)C1CCCCCC1. The maximum absolute atomic E-state index is 12.3. The van der Waals surface area contributed by atoms with Crippen LogP contribution in [0.15, 0.2) is 0 Å². The molecule has 1 rings (SSSR count). The minimum Gasteiger partial charge on any atom is -0.395 e. The highest BCUT2D eigenvalue weighted by molar-refractivity contribution is 5.79. The van der Waals surface area contributed by atoms with Gasteiger partial charge in [-0.2, -0.15) is 0 Å². The Labute approximate surface area is 98.8 Å². The third kappa shape index (κ3) is 3.78. The zero-order valence-electron chi connectivity index (χ0n) is 10.6. The lowest BCUT2D eigenvalue weighted by Gasteiger charge is -2.29. The number of hydrogen-bond acceptors (Lipinski definition) is 2. The fraction of sp³-hybridized carbons (Fsp3) is 0.923. The standard InChI is InChI=1S/C13H25NO2/c1-11(2)14(9-10-15)13(16)12-7-5-3-4-6-8-12/h11-12,15H,3-10H2,1-2H3. The summed E-state index contributed by atoms with van der Waals surface area (Å²) in [6.07, 6.45) is 6.97. The molecule has 1 aliphatic carbocycles. The molecule has 0 aromatic carbocycles. The van der Waals surface area contributed by atoms with Crippen LogP contribution in [0.4, 0.5) is 0 Å². The van der Waals surface area contributed by atoms with Gasteiger partial charge >= 0.3 is 0 Å². The quantitative estimate of drug-likeness (QED) is 0.748. The van der Waals surface area contributed by atoms with Crippen LogP contribution >= 0.6 is 0 Å². The van der Waals surface area contributed by atoms with Gasteiger partial charge in [0.2, 0.25) is 5.91 Å². The van der Waals surface area contributed by atoms with E-state index in [4.69, 9.17) is 5.11 Å². The first-order valence-electron chi connectivity index (χ1n) is 6.58. The average molecular weight is 227 g/mol. The monoisotopic (exact) mass is 227 g/mol. The van der Waals surface area contributed by atoms with Crippen molar-refractivity contribution in [2.75, 3.05) is 13.2 Å². The number of aliphatic hydroxyl groups is 1. The summed E-state index contributed by atoms with van der Waals surface area (Å²) < 4.78 is 0. The molecule has 0 aromatic heterocycles.